The highest BCUT2D eigenvalue weighted by Crippen LogP contribution is 2.32. The van der Waals surface area contributed by atoms with Gasteiger partial charge in [-0.25, -0.2) is 13.6 Å². The molecule has 1 fully saturated rings. The molecule has 28 heavy (non-hydrogen) atoms. The van der Waals surface area contributed by atoms with Gasteiger partial charge in [0.1, 0.15) is 22.9 Å². The maximum atomic E-state index is 14.1. The van der Waals surface area contributed by atoms with E-state index in [1.54, 1.807) is 0 Å². The van der Waals surface area contributed by atoms with Crippen molar-refractivity contribution in [2.24, 2.45) is 0 Å². The average Bonchev–Trinajstić information content (AvgIpc) is 2.81. The number of ether oxygens (including phenoxy) is 1. The number of imide groups is 1. The Morgan fingerprint density at radius 2 is 1.71 bits per heavy atom. The maximum absolute atomic E-state index is 14.1. The van der Waals surface area contributed by atoms with Crippen molar-refractivity contribution < 1.29 is 36.3 Å². The number of hydrogen-bond acceptors (Lipinski definition) is 3. The molecule has 148 valence electrons. The van der Waals surface area contributed by atoms with Crippen LogP contribution >= 0.6 is 0 Å². The highest BCUT2D eigenvalue weighted by molar-refractivity contribution is 6.07. The number of carbonyl (C=O) groups is 2. The summed E-state index contributed by atoms with van der Waals surface area (Å²) in [7, 11) is 0. The van der Waals surface area contributed by atoms with E-state index >= 15 is 0 Å². The van der Waals surface area contributed by atoms with Crippen LogP contribution in [0.25, 0.3) is 0 Å². The number of hydrogen-bond donors (Lipinski definition) is 1. The number of nitrogens with zero attached hydrogens (tertiary/aromatic N) is 1. The minimum atomic E-state index is -4.84. The van der Waals surface area contributed by atoms with Crippen LogP contribution in [0.3, 0.4) is 0 Å². The molecule has 1 heterocycles. The van der Waals surface area contributed by atoms with E-state index < -0.39 is 41.2 Å². The summed E-state index contributed by atoms with van der Waals surface area (Å²) in [6.45, 7) is 0.967. The first kappa shape index (κ1) is 19.6. The summed E-state index contributed by atoms with van der Waals surface area (Å²) in [6.07, 6.45) is -4.84. The van der Waals surface area contributed by atoms with Crippen LogP contribution in [-0.2, 0) is 16.9 Å². The Kier molecular flexibility index (Phi) is 4.74. The monoisotopic (exact) mass is 400 g/mol. The third-order valence-electron chi connectivity index (χ3n) is 4.24. The summed E-state index contributed by atoms with van der Waals surface area (Å²) in [6, 6.07) is 6.27. The first-order valence-corrected chi connectivity index (χ1v) is 7.94. The quantitative estimate of drug-likeness (QED) is 0.627. The van der Waals surface area contributed by atoms with Crippen LogP contribution in [0.15, 0.2) is 42.5 Å². The lowest BCUT2D eigenvalue weighted by atomic mass is 9.91. The van der Waals surface area contributed by atoms with Crippen LogP contribution in [0.1, 0.15) is 18.1 Å². The molecule has 2 aromatic carbocycles. The van der Waals surface area contributed by atoms with Crippen molar-refractivity contribution in [3.05, 3.63) is 65.2 Å². The van der Waals surface area contributed by atoms with Crippen LogP contribution in [0.2, 0.25) is 0 Å². The Balaban J connectivity index is 1.81. The van der Waals surface area contributed by atoms with Crippen molar-refractivity contribution in [3.63, 3.8) is 0 Å². The number of halogens is 5. The molecule has 10 heteroatoms. The van der Waals surface area contributed by atoms with Crippen LogP contribution in [0.4, 0.5) is 26.7 Å². The van der Waals surface area contributed by atoms with Gasteiger partial charge in [0.25, 0.3) is 5.91 Å². The van der Waals surface area contributed by atoms with Crippen LogP contribution in [0, 0.1) is 11.6 Å². The van der Waals surface area contributed by atoms with E-state index in [1.807, 2.05) is 0 Å². The molecular weight excluding hydrogens is 387 g/mol. The first-order chi connectivity index (χ1) is 13.0. The molecule has 3 amide bonds. The van der Waals surface area contributed by atoms with E-state index in [2.05, 4.69) is 10.1 Å². The largest absolute Gasteiger partial charge is 0.573 e. The molecular formula is C18H13F5N2O3. The van der Waals surface area contributed by atoms with Gasteiger partial charge in [-0.3, -0.25) is 9.69 Å². The fraction of sp³-hybridized carbons (Fsp3) is 0.222. The molecule has 1 N–H and O–H groups in total. The van der Waals surface area contributed by atoms with Gasteiger partial charge in [-0.1, -0.05) is 12.1 Å². The molecule has 3 rings (SSSR count). The predicted molar refractivity (Wildman–Crippen MR) is 85.9 cm³/mol. The zero-order valence-electron chi connectivity index (χ0n) is 14.3. The summed E-state index contributed by atoms with van der Waals surface area (Å²) in [5, 5.41) is 2.33. The Morgan fingerprint density at radius 1 is 1.07 bits per heavy atom. The van der Waals surface area contributed by atoms with Gasteiger partial charge in [-0.2, -0.15) is 0 Å². The summed E-state index contributed by atoms with van der Waals surface area (Å²) in [4.78, 5) is 25.7. The molecule has 1 aliphatic rings. The van der Waals surface area contributed by atoms with E-state index in [0.717, 1.165) is 35.2 Å². The van der Waals surface area contributed by atoms with E-state index in [0.29, 0.717) is 5.56 Å². The SMILES string of the molecule is CC1(c2cc(F)ccc2F)NC(=O)N(Cc2ccc(OC(F)(F)F)cc2)C1=O. The van der Waals surface area contributed by atoms with Crippen LogP contribution in [0.5, 0.6) is 5.75 Å². The summed E-state index contributed by atoms with van der Waals surface area (Å²) < 4.78 is 67.9. The average molecular weight is 400 g/mol. The Bertz CT molecular complexity index is 930. The first-order valence-electron chi connectivity index (χ1n) is 7.94. The van der Waals surface area contributed by atoms with Gasteiger partial charge >= 0.3 is 12.4 Å². The number of alkyl halides is 3. The fourth-order valence-electron chi connectivity index (χ4n) is 2.88. The van der Waals surface area contributed by atoms with Crippen molar-refractivity contribution in [2.75, 3.05) is 0 Å². The van der Waals surface area contributed by atoms with E-state index in [4.69, 9.17) is 0 Å². The van der Waals surface area contributed by atoms with Crippen molar-refractivity contribution in [1.82, 2.24) is 10.2 Å². The molecule has 5 nitrogen and oxygen atoms in total. The molecule has 0 aliphatic carbocycles. The van der Waals surface area contributed by atoms with Crippen LogP contribution < -0.4 is 10.1 Å². The molecule has 1 unspecified atom stereocenters. The normalized spacial score (nSPS) is 19.7. The van der Waals surface area contributed by atoms with Crippen molar-refractivity contribution in [1.29, 1.82) is 0 Å². The molecule has 0 saturated carbocycles. The van der Waals surface area contributed by atoms with E-state index in [9.17, 15) is 31.5 Å². The Morgan fingerprint density at radius 3 is 2.32 bits per heavy atom. The second kappa shape index (κ2) is 6.77. The number of nitrogens with one attached hydrogen (secondary N) is 1. The molecule has 2 aromatic rings. The number of benzene rings is 2. The second-order valence-corrected chi connectivity index (χ2v) is 6.26. The maximum Gasteiger partial charge on any atom is 0.573 e. The van der Waals surface area contributed by atoms with Gasteiger partial charge in [0.2, 0.25) is 0 Å². The molecule has 0 spiro atoms. The topological polar surface area (TPSA) is 58.6 Å². The highest BCUT2D eigenvalue weighted by Gasteiger charge is 2.50. The van der Waals surface area contributed by atoms with E-state index in [1.165, 1.54) is 19.1 Å². The lowest BCUT2D eigenvalue weighted by Crippen LogP contribution is -2.41. The van der Waals surface area contributed by atoms with Gasteiger partial charge < -0.3 is 10.1 Å². The molecule has 1 aliphatic heterocycles. The van der Waals surface area contributed by atoms with Gasteiger partial charge in [0, 0.05) is 5.56 Å². The van der Waals surface area contributed by atoms with Gasteiger partial charge in [-0.05, 0) is 42.8 Å². The smallest absolute Gasteiger partial charge is 0.406 e. The second-order valence-electron chi connectivity index (χ2n) is 6.26. The number of urea groups is 1. The predicted octanol–water partition coefficient (Wildman–Crippen LogP) is 3.83. The van der Waals surface area contributed by atoms with Gasteiger partial charge in [0.05, 0.1) is 6.54 Å². The summed E-state index contributed by atoms with van der Waals surface area (Å²) >= 11 is 0. The molecule has 1 saturated heterocycles. The van der Waals surface area contributed by atoms with Gasteiger partial charge in [-0.15, -0.1) is 13.2 Å². The Labute approximate surface area is 155 Å². The minimum Gasteiger partial charge on any atom is -0.406 e. The number of amides is 3. The highest BCUT2D eigenvalue weighted by atomic mass is 19.4. The lowest BCUT2D eigenvalue weighted by molar-refractivity contribution is -0.274. The molecule has 0 aromatic heterocycles. The number of carbonyl (C=O) groups excluding carboxylic acids is 2. The van der Waals surface area contributed by atoms with Crippen molar-refractivity contribution in [3.8, 4) is 5.75 Å². The number of rotatable bonds is 4. The minimum absolute atomic E-state index is 0.274. The zero-order valence-corrected chi connectivity index (χ0v) is 14.3. The fourth-order valence-corrected chi connectivity index (χ4v) is 2.88. The van der Waals surface area contributed by atoms with Crippen molar-refractivity contribution in [2.45, 2.75) is 25.4 Å². The molecule has 1 atom stereocenters. The zero-order chi connectivity index (χ0) is 20.7. The molecule has 0 bridgehead atoms. The standard InChI is InChI=1S/C18H13F5N2O3/c1-17(13-8-11(19)4-7-14(13)20)15(26)25(16(27)24-17)9-10-2-5-12(6-3-10)28-18(21,22)23/h2-8H,9H2,1H3,(H,24,27). The van der Waals surface area contributed by atoms with E-state index in [-0.39, 0.29) is 12.1 Å². The third kappa shape index (κ3) is 3.75. The third-order valence-corrected chi connectivity index (χ3v) is 4.24. The lowest BCUT2D eigenvalue weighted by Gasteiger charge is -2.23. The Hall–Kier alpha value is -3.17. The molecule has 0 radical (unpaired) electrons. The van der Waals surface area contributed by atoms with Gasteiger partial charge in [0.15, 0.2) is 0 Å². The van der Waals surface area contributed by atoms with Crippen LogP contribution in [-0.4, -0.2) is 23.2 Å². The summed E-state index contributed by atoms with van der Waals surface area (Å²) in [5.41, 5.74) is -1.81. The summed E-state index contributed by atoms with van der Waals surface area (Å²) in [5.74, 6) is -2.93. The van der Waals surface area contributed by atoms with Crippen molar-refractivity contribution >= 4 is 11.9 Å².